The minimum atomic E-state index is -3.40. The van der Waals surface area contributed by atoms with E-state index in [1.54, 1.807) is 13.1 Å². The van der Waals surface area contributed by atoms with Gasteiger partial charge in [0.05, 0.1) is 12.3 Å². The van der Waals surface area contributed by atoms with E-state index in [9.17, 15) is 8.42 Å². The zero-order valence-corrected chi connectivity index (χ0v) is 21.5. The van der Waals surface area contributed by atoms with E-state index in [4.69, 9.17) is 9.26 Å². The van der Waals surface area contributed by atoms with Crippen molar-refractivity contribution in [3.8, 4) is 0 Å². The molecule has 1 fully saturated rings. The molecule has 9 nitrogen and oxygen atoms in total. The predicted octanol–water partition coefficient (Wildman–Crippen LogP) is 2.31. The lowest BCUT2D eigenvalue weighted by atomic mass is 10.2. The van der Waals surface area contributed by atoms with Crippen LogP contribution in [0.2, 0.25) is 0 Å². The van der Waals surface area contributed by atoms with Crippen LogP contribution in [0, 0.1) is 0 Å². The standard InChI is InChI=1S/C21H31N5O4S.HI/c1-22-21(23-10-5-6-15-29-17-19-7-3-2-4-8-19)25-11-13-26(14-12-25)31(27,28)18-20-9-16-30-24-20;/h2-4,7-9,16H,5-6,10-15,17-18H2,1H3,(H,22,23);1H. The Morgan fingerprint density at radius 1 is 1.16 bits per heavy atom. The van der Waals surface area contributed by atoms with Gasteiger partial charge in [-0.1, -0.05) is 35.5 Å². The molecule has 11 heteroatoms. The van der Waals surface area contributed by atoms with Crippen LogP contribution in [0.5, 0.6) is 0 Å². The van der Waals surface area contributed by atoms with E-state index in [1.165, 1.54) is 16.1 Å². The summed E-state index contributed by atoms with van der Waals surface area (Å²) in [4.78, 5) is 6.43. The first-order valence-corrected chi connectivity index (χ1v) is 12.1. The normalized spacial score (nSPS) is 15.4. The summed E-state index contributed by atoms with van der Waals surface area (Å²) in [5, 5.41) is 7.07. The quantitative estimate of drug-likeness (QED) is 0.200. The maximum atomic E-state index is 12.6. The molecule has 2 heterocycles. The number of aromatic nitrogens is 1. The third-order valence-corrected chi connectivity index (χ3v) is 6.89. The van der Waals surface area contributed by atoms with Gasteiger partial charge < -0.3 is 19.5 Å². The number of hydrogen-bond acceptors (Lipinski definition) is 6. The fourth-order valence-corrected chi connectivity index (χ4v) is 4.82. The van der Waals surface area contributed by atoms with Gasteiger partial charge in [-0.2, -0.15) is 4.31 Å². The fourth-order valence-electron chi connectivity index (χ4n) is 3.39. The molecule has 1 aromatic carbocycles. The molecule has 0 amide bonds. The van der Waals surface area contributed by atoms with Gasteiger partial charge in [-0.25, -0.2) is 8.42 Å². The van der Waals surface area contributed by atoms with Gasteiger partial charge >= 0.3 is 0 Å². The zero-order valence-electron chi connectivity index (χ0n) is 18.4. The van der Waals surface area contributed by atoms with E-state index in [0.29, 0.717) is 38.5 Å². The molecule has 1 saturated heterocycles. The van der Waals surface area contributed by atoms with E-state index in [-0.39, 0.29) is 29.7 Å². The monoisotopic (exact) mass is 577 g/mol. The number of ether oxygens (including phenoxy) is 1. The van der Waals surface area contributed by atoms with E-state index < -0.39 is 10.0 Å². The number of sulfonamides is 1. The molecule has 0 saturated carbocycles. The number of guanidine groups is 1. The fraction of sp³-hybridized carbons (Fsp3) is 0.524. The molecule has 1 aliphatic heterocycles. The largest absolute Gasteiger partial charge is 0.377 e. The van der Waals surface area contributed by atoms with Crippen molar-refractivity contribution >= 4 is 40.0 Å². The van der Waals surface area contributed by atoms with Gasteiger partial charge in [-0.3, -0.25) is 4.99 Å². The van der Waals surface area contributed by atoms with E-state index in [1.807, 2.05) is 18.2 Å². The second-order valence-corrected chi connectivity index (χ2v) is 9.32. The van der Waals surface area contributed by atoms with Crippen molar-refractivity contribution in [2.45, 2.75) is 25.2 Å². The lowest BCUT2D eigenvalue weighted by Crippen LogP contribution is -2.54. The van der Waals surface area contributed by atoms with Crippen molar-refractivity contribution in [2.75, 3.05) is 46.4 Å². The molecular formula is C21H32IN5O4S. The molecule has 32 heavy (non-hydrogen) atoms. The Bertz CT molecular complexity index is 902. The van der Waals surface area contributed by atoms with Gasteiger partial charge in [0.25, 0.3) is 0 Å². The minimum absolute atomic E-state index is 0. The molecule has 0 radical (unpaired) electrons. The second-order valence-electron chi connectivity index (χ2n) is 7.35. The lowest BCUT2D eigenvalue weighted by molar-refractivity contribution is 0.117. The third kappa shape index (κ3) is 8.34. The van der Waals surface area contributed by atoms with Crippen LogP contribution in [0.25, 0.3) is 0 Å². The first-order valence-electron chi connectivity index (χ1n) is 10.5. The van der Waals surface area contributed by atoms with Crippen LogP contribution in [0.3, 0.4) is 0 Å². The lowest BCUT2D eigenvalue weighted by Gasteiger charge is -2.35. The predicted molar refractivity (Wildman–Crippen MR) is 134 cm³/mol. The summed E-state index contributed by atoms with van der Waals surface area (Å²) in [6.07, 6.45) is 3.32. The van der Waals surface area contributed by atoms with Crippen LogP contribution in [-0.2, 0) is 27.1 Å². The summed E-state index contributed by atoms with van der Waals surface area (Å²) in [5.41, 5.74) is 1.61. The Morgan fingerprint density at radius 2 is 1.91 bits per heavy atom. The van der Waals surface area contributed by atoms with Gasteiger partial charge in [0.15, 0.2) is 5.96 Å². The Hall–Kier alpha value is -1.70. The minimum Gasteiger partial charge on any atom is -0.377 e. The van der Waals surface area contributed by atoms with Crippen molar-refractivity contribution in [3.63, 3.8) is 0 Å². The third-order valence-electron chi connectivity index (χ3n) is 5.08. The summed E-state index contributed by atoms with van der Waals surface area (Å²) in [7, 11) is -1.65. The molecule has 0 spiro atoms. The van der Waals surface area contributed by atoms with Gasteiger partial charge in [-0.15, -0.1) is 24.0 Å². The van der Waals surface area contributed by atoms with Gasteiger partial charge in [0.2, 0.25) is 10.0 Å². The van der Waals surface area contributed by atoms with E-state index >= 15 is 0 Å². The van der Waals surface area contributed by atoms with Crippen molar-refractivity contribution in [1.82, 2.24) is 19.7 Å². The van der Waals surface area contributed by atoms with Crippen LogP contribution < -0.4 is 5.32 Å². The molecule has 0 bridgehead atoms. The number of halogens is 1. The Kier molecular flexibility index (Phi) is 11.4. The summed E-state index contributed by atoms with van der Waals surface area (Å²) >= 11 is 0. The summed E-state index contributed by atoms with van der Waals surface area (Å²) in [5.74, 6) is 0.668. The molecule has 2 aromatic rings. The van der Waals surface area contributed by atoms with Gasteiger partial charge in [0, 0.05) is 52.4 Å². The average molecular weight is 577 g/mol. The number of nitrogens with zero attached hydrogens (tertiary/aromatic N) is 4. The number of hydrogen-bond donors (Lipinski definition) is 1. The smallest absolute Gasteiger partial charge is 0.220 e. The molecular weight excluding hydrogens is 545 g/mol. The zero-order chi connectivity index (χ0) is 21.9. The van der Waals surface area contributed by atoms with Crippen LogP contribution in [-0.4, -0.2) is 75.1 Å². The number of rotatable bonds is 10. The highest BCUT2D eigenvalue weighted by molar-refractivity contribution is 14.0. The SMILES string of the molecule is CN=C(NCCCCOCc1ccccc1)N1CCN(S(=O)(=O)Cc2ccon2)CC1.I. The average Bonchev–Trinajstić information content (AvgIpc) is 3.29. The highest BCUT2D eigenvalue weighted by Crippen LogP contribution is 2.13. The first-order chi connectivity index (χ1) is 15.1. The highest BCUT2D eigenvalue weighted by Gasteiger charge is 2.28. The van der Waals surface area contributed by atoms with Crippen LogP contribution in [0.4, 0.5) is 0 Å². The summed E-state index contributed by atoms with van der Waals surface area (Å²) in [6.45, 7) is 4.20. The Labute approximate surface area is 207 Å². The Morgan fingerprint density at radius 3 is 2.56 bits per heavy atom. The van der Waals surface area contributed by atoms with Crippen LogP contribution >= 0.6 is 24.0 Å². The molecule has 0 aliphatic carbocycles. The van der Waals surface area contributed by atoms with Crippen molar-refractivity contribution in [1.29, 1.82) is 0 Å². The number of unbranched alkanes of at least 4 members (excludes halogenated alkanes) is 1. The number of piperazine rings is 1. The maximum Gasteiger partial charge on any atom is 0.220 e. The number of aliphatic imine (C=N–C) groups is 1. The second kappa shape index (κ2) is 13.8. The number of benzene rings is 1. The highest BCUT2D eigenvalue weighted by atomic mass is 127. The van der Waals surface area contributed by atoms with Gasteiger partial charge in [0.1, 0.15) is 12.0 Å². The molecule has 1 aromatic heterocycles. The topological polar surface area (TPSA) is 100 Å². The molecule has 0 atom stereocenters. The van der Waals surface area contributed by atoms with Gasteiger partial charge in [-0.05, 0) is 18.4 Å². The summed E-state index contributed by atoms with van der Waals surface area (Å²) in [6, 6.07) is 11.7. The van der Waals surface area contributed by atoms with Crippen molar-refractivity contribution in [2.24, 2.45) is 4.99 Å². The molecule has 1 aliphatic rings. The first kappa shape index (κ1) is 26.6. The maximum absolute atomic E-state index is 12.6. The van der Waals surface area contributed by atoms with E-state index in [2.05, 4.69) is 32.5 Å². The molecule has 0 unspecified atom stereocenters. The van der Waals surface area contributed by atoms with Crippen molar-refractivity contribution < 1.29 is 17.7 Å². The number of nitrogens with one attached hydrogen (secondary N) is 1. The van der Waals surface area contributed by atoms with Crippen LogP contribution in [0.1, 0.15) is 24.1 Å². The Balaban J connectivity index is 0.00000363. The molecule has 1 N–H and O–H groups in total. The molecule has 178 valence electrons. The van der Waals surface area contributed by atoms with Crippen molar-refractivity contribution in [3.05, 3.63) is 53.9 Å². The van der Waals surface area contributed by atoms with E-state index in [0.717, 1.165) is 32.0 Å². The van der Waals surface area contributed by atoms with Crippen LogP contribution in [0.15, 0.2) is 52.2 Å². The summed E-state index contributed by atoms with van der Waals surface area (Å²) < 4.78 is 37.1. The molecule has 3 rings (SSSR count).